The molecule has 7 nitrogen and oxygen atoms in total. The van der Waals surface area contributed by atoms with Gasteiger partial charge in [0, 0.05) is 18.3 Å². The summed E-state index contributed by atoms with van der Waals surface area (Å²) in [6.07, 6.45) is 0. The number of nitrogens with one attached hydrogen (secondary N) is 1. The molecule has 20 heavy (non-hydrogen) atoms. The van der Waals surface area contributed by atoms with Gasteiger partial charge in [0.2, 0.25) is 5.03 Å². The van der Waals surface area contributed by atoms with Gasteiger partial charge in [-0.25, -0.2) is 13.2 Å². The van der Waals surface area contributed by atoms with E-state index < -0.39 is 21.0 Å². The molecule has 0 saturated carbocycles. The third-order valence-corrected chi connectivity index (χ3v) is 4.77. The maximum atomic E-state index is 12.6. The molecule has 0 atom stereocenters. The lowest BCUT2D eigenvalue weighted by Crippen LogP contribution is -2.40. The smallest absolute Gasteiger partial charge is 0.340 e. The van der Waals surface area contributed by atoms with E-state index in [1.807, 2.05) is 13.8 Å². The molecule has 114 valence electrons. The van der Waals surface area contributed by atoms with Gasteiger partial charge in [-0.1, -0.05) is 13.8 Å². The van der Waals surface area contributed by atoms with Crippen molar-refractivity contribution < 1.29 is 18.3 Å². The van der Waals surface area contributed by atoms with Crippen LogP contribution in [-0.2, 0) is 10.0 Å². The Morgan fingerprint density at radius 2 is 1.90 bits per heavy atom. The fourth-order valence-electron chi connectivity index (χ4n) is 1.90. The molecule has 0 bridgehead atoms. The van der Waals surface area contributed by atoms with Crippen LogP contribution in [0.25, 0.3) is 0 Å². The normalized spacial score (nSPS) is 12.6. The molecule has 1 aromatic rings. The lowest BCUT2D eigenvalue weighted by atomic mass is 10.2. The molecule has 8 heteroatoms. The molecular weight excluding hydrogens is 282 g/mol. The van der Waals surface area contributed by atoms with E-state index in [4.69, 9.17) is 5.11 Å². The van der Waals surface area contributed by atoms with Gasteiger partial charge in [0.25, 0.3) is 10.0 Å². The lowest BCUT2D eigenvalue weighted by molar-refractivity contribution is 0.0691. The van der Waals surface area contributed by atoms with Crippen molar-refractivity contribution in [1.82, 2.24) is 14.5 Å². The number of carboxylic acids is 1. The van der Waals surface area contributed by atoms with E-state index in [1.165, 1.54) is 11.2 Å². The van der Waals surface area contributed by atoms with Crippen LogP contribution in [0.2, 0.25) is 0 Å². The van der Waals surface area contributed by atoms with E-state index in [0.29, 0.717) is 6.54 Å². The predicted octanol–water partition coefficient (Wildman–Crippen LogP) is 1.47. The summed E-state index contributed by atoms with van der Waals surface area (Å²) in [4.78, 5) is 11.2. The topological polar surface area (TPSA) is 103 Å². The number of aromatic nitrogens is 2. The number of nitrogens with zero attached hydrogens (tertiary/aromatic N) is 2. The Kier molecular flexibility index (Phi) is 4.93. The van der Waals surface area contributed by atoms with Crippen LogP contribution in [0, 0.1) is 12.8 Å². The molecule has 0 spiro atoms. The molecule has 0 aliphatic carbocycles. The SMILES string of the molecule is Cc1[nH]nc(S(=O)(=O)N(CC(C)C)C(C)C)c1C(=O)O. The Morgan fingerprint density at radius 3 is 2.30 bits per heavy atom. The van der Waals surface area contributed by atoms with Gasteiger partial charge in [-0.05, 0) is 26.7 Å². The summed E-state index contributed by atoms with van der Waals surface area (Å²) in [7, 11) is -3.94. The third kappa shape index (κ3) is 3.18. The van der Waals surface area contributed by atoms with Gasteiger partial charge in [-0.3, -0.25) is 5.10 Å². The summed E-state index contributed by atoms with van der Waals surface area (Å²) in [6, 6.07) is -0.277. The zero-order chi connectivity index (χ0) is 15.7. The summed E-state index contributed by atoms with van der Waals surface area (Å²) < 4.78 is 26.5. The highest BCUT2D eigenvalue weighted by Gasteiger charge is 2.34. The second-order valence-corrected chi connectivity index (χ2v) is 7.20. The summed E-state index contributed by atoms with van der Waals surface area (Å²) in [6.45, 7) is 9.10. The molecular formula is C12H21N3O4S. The summed E-state index contributed by atoms with van der Waals surface area (Å²) in [5.74, 6) is -1.18. The van der Waals surface area contributed by atoms with Gasteiger partial charge in [0.15, 0.2) is 0 Å². The van der Waals surface area contributed by atoms with Gasteiger partial charge < -0.3 is 5.11 Å². The van der Waals surface area contributed by atoms with Gasteiger partial charge in [-0.15, -0.1) is 0 Å². The second kappa shape index (κ2) is 5.92. The average Bonchev–Trinajstić information content (AvgIpc) is 2.67. The van der Waals surface area contributed by atoms with Gasteiger partial charge in [-0.2, -0.15) is 9.40 Å². The van der Waals surface area contributed by atoms with Crippen LogP contribution in [-0.4, -0.2) is 46.6 Å². The highest BCUT2D eigenvalue weighted by Crippen LogP contribution is 2.23. The molecule has 0 aromatic carbocycles. The third-order valence-electron chi connectivity index (χ3n) is 2.80. The molecule has 0 unspecified atom stereocenters. The van der Waals surface area contributed by atoms with Crippen molar-refractivity contribution in [3.8, 4) is 0 Å². The van der Waals surface area contributed by atoms with Crippen LogP contribution in [0.1, 0.15) is 43.7 Å². The number of aromatic amines is 1. The summed E-state index contributed by atoms with van der Waals surface area (Å²) in [5, 5.41) is 14.9. The highest BCUT2D eigenvalue weighted by atomic mass is 32.2. The minimum atomic E-state index is -3.94. The van der Waals surface area contributed by atoms with Crippen molar-refractivity contribution in [2.24, 2.45) is 5.92 Å². The molecule has 0 aliphatic heterocycles. The van der Waals surface area contributed by atoms with Gasteiger partial charge >= 0.3 is 5.97 Å². The first-order valence-electron chi connectivity index (χ1n) is 6.39. The Labute approximate surface area is 119 Å². The minimum Gasteiger partial charge on any atom is -0.478 e. The Morgan fingerprint density at radius 1 is 1.35 bits per heavy atom. The fraction of sp³-hybridized carbons (Fsp3) is 0.667. The average molecular weight is 303 g/mol. The maximum absolute atomic E-state index is 12.6. The zero-order valence-corrected chi connectivity index (χ0v) is 13.2. The molecule has 1 heterocycles. The number of carbonyl (C=O) groups is 1. The zero-order valence-electron chi connectivity index (χ0n) is 12.3. The van der Waals surface area contributed by atoms with E-state index in [0.717, 1.165) is 0 Å². The predicted molar refractivity (Wildman–Crippen MR) is 74.1 cm³/mol. The molecule has 0 fully saturated rings. The minimum absolute atomic E-state index is 0.125. The number of sulfonamides is 1. The molecule has 0 amide bonds. The first-order valence-corrected chi connectivity index (χ1v) is 7.83. The number of hydrogen-bond donors (Lipinski definition) is 2. The molecule has 1 aromatic heterocycles. The van der Waals surface area contributed by atoms with E-state index in [2.05, 4.69) is 10.2 Å². The lowest BCUT2D eigenvalue weighted by Gasteiger charge is -2.26. The van der Waals surface area contributed by atoms with Crippen LogP contribution in [0.4, 0.5) is 0 Å². The molecule has 1 rings (SSSR count). The van der Waals surface area contributed by atoms with Crippen LogP contribution < -0.4 is 0 Å². The van der Waals surface area contributed by atoms with E-state index in [-0.39, 0.29) is 23.2 Å². The van der Waals surface area contributed by atoms with Gasteiger partial charge in [0.05, 0.1) is 0 Å². The molecule has 0 aliphatic rings. The van der Waals surface area contributed by atoms with E-state index in [1.54, 1.807) is 13.8 Å². The summed E-state index contributed by atoms with van der Waals surface area (Å²) >= 11 is 0. The van der Waals surface area contributed by atoms with Gasteiger partial charge in [0.1, 0.15) is 5.56 Å². The van der Waals surface area contributed by atoms with Crippen LogP contribution in [0.5, 0.6) is 0 Å². The maximum Gasteiger partial charge on any atom is 0.340 e. The van der Waals surface area contributed by atoms with E-state index >= 15 is 0 Å². The number of aryl methyl sites for hydroxylation is 1. The van der Waals surface area contributed by atoms with Crippen LogP contribution in [0.3, 0.4) is 0 Å². The van der Waals surface area contributed by atoms with E-state index in [9.17, 15) is 13.2 Å². The number of rotatable bonds is 6. The van der Waals surface area contributed by atoms with Crippen molar-refractivity contribution >= 4 is 16.0 Å². The van der Waals surface area contributed by atoms with Crippen molar-refractivity contribution in [3.05, 3.63) is 11.3 Å². The van der Waals surface area contributed by atoms with Crippen molar-refractivity contribution in [2.75, 3.05) is 6.54 Å². The summed E-state index contributed by atoms with van der Waals surface area (Å²) in [5.41, 5.74) is -0.0660. The number of hydrogen-bond acceptors (Lipinski definition) is 4. The monoisotopic (exact) mass is 303 g/mol. The second-order valence-electron chi connectivity index (χ2n) is 5.40. The van der Waals surface area contributed by atoms with Crippen LogP contribution >= 0.6 is 0 Å². The molecule has 2 N–H and O–H groups in total. The van der Waals surface area contributed by atoms with Crippen LogP contribution in [0.15, 0.2) is 5.03 Å². The Bertz CT molecular complexity index is 590. The largest absolute Gasteiger partial charge is 0.478 e. The Balaban J connectivity index is 3.38. The number of H-pyrrole nitrogens is 1. The highest BCUT2D eigenvalue weighted by molar-refractivity contribution is 7.89. The standard InChI is InChI=1S/C12H21N3O4S/c1-7(2)6-15(8(3)4)20(18,19)11-10(12(16)17)9(5)13-14-11/h7-8H,6H2,1-5H3,(H,13,14)(H,16,17). The molecule has 0 saturated heterocycles. The fourth-order valence-corrected chi connectivity index (χ4v) is 3.83. The van der Waals surface area contributed by atoms with Crippen molar-refractivity contribution in [3.63, 3.8) is 0 Å². The molecule has 0 radical (unpaired) electrons. The number of carboxylic acid groups (broad SMARTS) is 1. The Hall–Kier alpha value is -1.41. The number of aromatic carboxylic acids is 1. The van der Waals surface area contributed by atoms with Crippen molar-refractivity contribution in [1.29, 1.82) is 0 Å². The first-order chi connectivity index (χ1) is 9.09. The first kappa shape index (κ1) is 16.6. The van der Waals surface area contributed by atoms with Crippen molar-refractivity contribution in [2.45, 2.75) is 45.7 Å². The quantitative estimate of drug-likeness (QED) is 0.828.